The second-order valence-electron chi connectivity index (χ2n) is 6.69. The molecule has 1 rings (SSSR count). The fraction of sp³-hybridized carbons (Fsp3) is 0.421. The van der Waals surface area contributed by atoms with Crippen molar-refractivity contribution in [2.45, 2.75) is 50.2 Å². The van der Waals surface area contributed by atoms with E-state index >= 15 is 0 Å². The van der Waals surface area contributed by atoms with Crippen LogP contribution in [0.2, 0.25) is 0 Å². The van der Waals surface area contributed by atoms with Crippen molar-refractivity contribution in [1.82, 2.24) is 10.6 Å². The minimum atomic E-state index is -1.47. The van der Waals surface area contributed by atoms with E-state index in [1.807, 2.05) is 6.07 Å². The Morgan fingerprint density at radius 1 is 0.867 bits per heavy atom. The highest BCUT2D eigenvalue weighted by atomic mass is 16.4. The van der Waals surface area contributed by atoms with Gasteiger partial charge in [-0.15, -0.1) is 0 Å². The van der Waals surface area contributed by atoms with Gasteiger partial charge < -0.3 is 32.3 Å². The van der Waals surface area contributed by atoms with E-state index in [1.165, 1.54) is 0 Å². The van der Waals surface area contributed by atoms with Gasteiger partial charge in [0.15, 0.2) is 0 Å². The topological polar surface area (TPSA) is 202 Å². The molecule has 30 heavy (non-hydrogen) atoms. The van der Waals surface area contributed by atoms with Crippen molar-refractivity contribution in [1.29, 1.82) is 0 Å². The van der Waals surface area contributed by atoms with Crippen molar-refractivity contribution in [3.05, 3.63) is 35.9 Å². The zero-order valence-corrected chi connectivity index (χ0v) is 16.2. The van der Waals surface area contributed by atoms with Gasteiger partial charge in [0, 0.05) is 12.8 Å². The molecule has 8 N–H and O–H groups in total. The third kappa shape index (κ3) is 9.15. The van der Waals surface area contributed by atoms with Gasteiger partial charge in [-0.05, 0) is 24.8 Å². The number of carbonyl (C=O) groups excluding carboxylic acids is 3. The van der Waals surface area contributed by atoms with Crippen LogP contribution in [0.3, 0.4) is 0 Å². The second kappa shape index (κ2) is 12.2. The van der Waals surface area contributed by atoms with Crippen LogP contribution in [0.25, 0.3) is 0 Å². The van der Waals surface area contributed by atoms with E-state index in [1.54, 1.807) is 24.3 Å². The zero-order chi connectivity index (χ0) is 22.7. The maximum atomic E-state index is 12.5. The fourth-order valence-electron chi connectivity index (χ4n) is 2.59. The number of carbonyl (C=O) groups is 5. The van der Waals surface area contributed by atoms with Gasteiger partial charge >= 0.3 is 11.9 Å². The van der Waals surface area contributed by atoms with Crippen LogP contribution in [-0.4, -0.2) is 58.0 Å². The summed E-state index contributed by atoms with van der Waals surface area (Å²) >= 11 is 0. The summed E-state index contributed by atoms with van der Waals surface area (Å²) in [5.41, 5.74) is 11.8. The predicted octanol–water partition coefficient (Wildman–Crippen LogP) is -1.26. The molecule has 0 aromatic heterocycles. The normalized spacial score (nSPS) is 13.5. The predicted molar refractivity (Wildman–Crippen MR) is 105 cm³/mol. The van der Waals surface area contributed by atoms with Crippen LogP contribution >= 0.6 is 0 Å². The Bertz CT molecular complexity index is 769. The lowest BCUT2D eigenvalue weighted by atomic mass is 10.0. The van der Waals surface area contributed by atoms with Crippen molar-refractivity contribution in [2.24, 2.45) is 11.5 Å². The van der Waals surface area contributed by atoms with E-state index < -0.39 is 54.2 Å². The lowest BCUT2D eigenvalue weighted by molar-refractivity contribution is -0.143. The van der Waals surface area contributed by atoms with Crippen LogP contribution in [0.1, 0.15) is 31.2 Å². The molecule has 0 spiro atoms. The molecule has 0 aliphatic rings. The largest absolute Gasteiger partial charge is 0.481 e. The number of nitrogens with two attached hydrogens (primary N) is 2. The number of amides is 3. The average Bonchev–Trinajstić information content (AvgIpc) is 2.68. The summed E-state index contributed by atoms with van der Waals surface area (Å²) in [4.78, 5) is 58.0. The van der Waals surface area contributed by atoms with Crippen molar-refractivity contribution in [2.75, 3.05) is 0 Å². The third-order valence-electron chi connectivity index (χ3n) is 4.21. The summed E-state index contributed by atoms with van der Waals surface area (Å²) in [6.45, 7) is 0. The van der Waals surface area contributed by atoms with E-state index in [-0.39, 0.29) is 25.7 Å². The number of carboxylic acids is 2. The Hall–Kier alpha value is -3.47. The number of hydrogen-bond acceptors (Lipinski definition) is 6. The van der Waals surface area contributed by atoms with Gasteiger partial charge in [-0.1, -0.05) is 30.3 Å². The minimum Gasteiger partial charge on any atom is -0.481 e. The van der Waals surface area contributed by atoms with Crippen LogP contribution in [-0.2, 0) is 30.4 Å². The van der Waals surface area contributed by atoms with Crippen LogP contribution in [0.4, 0.5) is 0 Å². The smallest absolute Gasteiger partial charge is 0.326 e. The molecule has 0 bridgehead atoms. The molecular formula is C19H26N4O7. The average molecular weight is 422 g/mol. The lowest BCUT2D eigenvalue weighted by Gasteiger charge is -2.22. The van der Waals surface area contributed by atoms with Crippen LogP contribution in [0.5, 0.6) is 0 Å². The molecule has 3 atom stereocenters. The minimum absolute atomic E-state index is 0.170. The number of benzene rings is 1. The summed E-state index contributed by atoms with van der Waals surface area (Å²) < 4.78 is 0. The fourth-order valence-corrected chi connectivity index (χ4v) is 2.59. The van der Waals surface area contributed by atoms with E-state index in [2.05, 4.69) is 10.6 Å². The maximum absolute atomic E-state index is 12.5. The monoisotopic (exact) mass is 422 g/mol. The van der Waals surface area contributed by atoms with Gasteiger partial charge in [-0.3, -0.25) is 19.2 Å². The lowest BCUT2D eigenvalue weighted by Crippen LogP contribution is -2.55. The quantitative estimate of drug-likeness (QED) is 0.226. The van der Waals surface area contributed by atoms with Gasteiger partial charge in [0.2, 0.25) is 17.7 Å². The van der Waals surface area contributed by atoms with Gasteiger partial charge in [-0.25, -0.2) is 4.79 Å². The molecule has 11 nitrogen and oxygen atoms in total. The summed E-state index contributed by atoms with van der Waals surface area (Å²) in [5.74, 6) is -4.90. The summed E-state index contributed by atoms with van der Waals surface area (Å²) in [5, 5.41) is 22.5. The van der Waals surface area contributed by atoms with Gasteiger partial charge in [0.25, 0.3) is 0 Å². The Balaban J connectivity index is 2.81. The summed E-state index contributed by atoms with van der Waals surface area (Å²) in [6.07, 6.45) is -1.03. The molecule has 3 unspecified atom stereocenters. The number of rotatable bonds is 13. The molecule has 0 aliphatic carbocycles. The molecule has 0 fully saturated rings. The van der Waals surface area contributed by atoms with Gasteiger partial charge in [0.1, 0.15) is 12.1 Å². The molecular weight excluding hydrogens is 396 g/mol. The highest BCUT2D eigenvalue weighted by Gasteiger charge is 2.28. The Morgan fingerprint density at radius 2 is 1.43 bits per heavy atom. The molecule has 0 heterocycles. The Labute approximate surface area is 172 Å². The zero-order valence-electron chi connectivity index (χ0n) is 16.2. The SMILES string of the molecule is NC(=O)CCC(NC(=O)C(N)Cc1ccccc1)C(=O)NC(CCC(=O)O)C(=O)O. The molecule has 0 saturated heterocycles. The first kappa shape index (κ1) is 24.6. The molecule has 0 aliphatic heterocycles. The number of primary amides is 1. The van der Waals surface area contributed by atoms with Gasteiger partial charge in [-0.2, -0.15) is 0 Å². The van der Waals surface area contributed by atoms with Crippen molar-refractivity contribution in [3.63, 3.8) is 0 Å². The standard InChI is InChI=1S/C19H26N4O7/c20-12(10-11-4-2-1-3-5-11)17(27)22-13(6-8-15(21)24)18(28)23-14(19(29)30)7-9-16(25)26/h1-5,12-14H,6-10,20H2,(H2,21,24)(H,22,27)(H,23,28)(H,25,26)(H,29,30). The van der Waals surface area contributed by atoms with E-state index in [9.17, 15) is 29.1 Å². The molecule has 1 aromatic carbocycles. The van der Waals surface area contributed by atoms with Crippen molar-refractivity contribution in [3.8, 4) is 0 Å². The van der Waals surface area contributed by atoms with Crippen molar-refractivity contribution >= 4 is 29.7 Å². The molecule has 11 heteroatoms. The molecule has 1 aromatic rings. The first-order valence-corrected chi connectivity index (χ1v) is 9.23. The summed E-state index contributed by atoms with van der Waals surface area (Å²) in [7, 11) is 0. The van der Waals surface area contributed by atoms with E-state index in [0.717, 1.165) is 5.56 Å². The third-order valence-corrected chi connectivity index (χ3v) is 4.21. The maximum Gasteiger partial charge on any atom is 0.326 e. The number of carboxylic acid groups (broad SMARTS) is 2. The van der Waals surface area contributed by atoms with Crippen LogP contribution < -0.4 is 22.1 Å². The van der Waals surface area contributed by atoms with Crippen LogP contribution in [0, 0.1) is 0 Å². The molecule has 0 radical (unpaired) electrons. The first-order valence-electron chi connectivity index (χ1n) is 9.23. The highest BCUT2D eigenvalue weighted by molar-refractivity contribution is 5.92. The van der Waals surface area contributed by atoms with Crippen LogP contribution in [0.15, 0.2) is 30.3 Å². The highest BCUT2D eigenvalue weighted by Crippen LogP contribution is 2.05. The summed E-state index contributed by atoms with van der Waals surface area (Å²) in [6, 6.07) is 5.21. The Kier molecular flexibility index (Phi) is 9.97. The number of aliphatic carboxylic acids is 2. The molecule has 0 saturated carbocycles. The first-order chi connectivity index (χ1) is 14.1. The number of nitrogens with one attached hydrogen (secondary N) is 2. The molecule has 164 valence electrons. The van der Waals surface area contributed by atoms with E-state index in [0.29, 0.717) is 0 Å². The second-order valence-corrected chi connectivity index (χ2v) is 6.69. The van der Waals surface area contributed by atoms with E-state index in [4.69, 9.17) is 16.6 Å². The van der Waals surface area contributed by atoms with Crippen molar-refractivity contribution < 1.29 is 34.2 Å². The van der Waals surface area contributed by atoms with Gasteiger partial charge in [0.05, 0.1) is 6.04 Å². The Morgan fingerprint density at radius 3 is 1.97 bits per heavy atom. The number of hydrogen-bond donors (Lipinski definition) is 6. The molecule has 3 amide bonds.